The van der Waals surface area contributed by atoms with Gasteiger partial charge >= 0.3 is 5.97 Å². The molecule has 0 N–H and O–H groups in total. The number of hydrogen-bond acceptors (Lipinski definition) is 5. The summed E-state index contributed by atoms with van der Waals surface area (Å²) in [6.07, 6.45) is 0.947. The van der Waals surface area contributed by atoms with Gasteiger partial charge in [-0.3, -0.25) is 9.69 Å². The van der Waals surface area contributed by atoms with Gasteiger partial charge in [0.2, 0.25) is 5.91 Å². The quantitative estimate of drug-likeness (QED) is 0.775. The van der Waals surface area contributed by atoms with Crippen molar-refractivity contribution >= 4 is 22.6 Å². The van der Waals surface area contributed by atoms with Gasteiger partial charge < -0.3 is 14.4 Å². The van der Waals surface area contributed by atoms with E-state index in [1.54, 1.807) is 7.11 Å². The first-order chi connectivity index (χ1) is 13.2. The van der Waals surface area contributed by atoms with Crippen molar-refractivity contribution in [2.24, 2.45) is 0 Å². The number of amides is 1. The van der Waals surface area contributed by atoms with Gasteiger partial charge in [-0.15, -0.1) is 0 Å². The summed E-state index contributed by atoms with van der Waals surface area (Å²) < 4.78 is 10.2. The van der Waals surface area contributed by atoms with E-state index in [1.165, 1.54) is 5.56 Å². The van der Waals surface area contributed by atoms with E-state index < -0.39 is 0 Å². The summed E-state index contributed by atoms with van der Waals surface area (Å²) in [5.74, 6) is -0.188. The van der Waals surface area contributed by atoms with Gasteiger partial charge in [0.1, 0.15) is 13.2 Å². The highest BCUT2D eigenvalue weighted by Gasteiger charge is 2.23. The number of benzene rings is 2. The molecule has 2 aromatic carbocycles. The first kappa shape index (κ1) is 17.9. The molecule has 0 spiro atoms. The Labute approximate surface area is 158 Å². The fourth-order valence-electron chi connectivity index (χ4n) is 4.02. The topological polar surface area (TPSA) is 59.1 Å². The van der Waals surface area contributed by atoms with E-state index in [0.717, 1.165) is 55.5 Å². The lowest BCUT2D eigenvalue weighted by molar-refractivity contribution is -0.135. The van der Waals surface area contributed by atoms with Crippen LogP contribution in [0.15, 0.2) is 30.3 Å². The molecule has 2 aromatic rings. The Morgan fingerprint density at radius 2 is 2.04 bits per heavy atom. The molecular formula is C21H24N2O4. The Hall–Kier alpha value is -2.44. The van der Waals surface area contributed by atoms with Gasteiger partial charge in [-0.1, -0.05) is 24.3 Å². The molecule has 6 nitrogen and oxygen atoms in total. The van der Waals surface area contributed by atoms with Crippen LogP contribution in [0.5, 0.6) is 0 Å². The van der Waals surface area contributed by atoms with Crippen molar-refractivity contribution < 1.29 is 19.1 Å². The van der Waals surface area contributed by atoms with Gasteiger partial charge in [-0.05, 0) is 29.0 Å². The second-order valence-corrected chi connectivity index (χ2v) is 7.13. The lowest BCUT2D eigenvalue weighted by Gasteiger charge is -2.24. The number of ether oxygens (including phenoxy) is 2. The van der Waals surface area contributed by atoms with Crippen LogP contribution in [0.2, 0.25) is 0 Å². The van der Waals surface area contributed by atoms with E-state index in [0.29, 0.717) is 12.2 Å². The molecule has 0 unspecified atom stereocenters. The molecule has 0 saturated carbocycles. The van der Waals surface area contributed by atoms with Crippen LogP contribution in [0.4, 0.5) is 0 Å². The van der Waals surface area contributed by atoms with Crippen LogP contribution >= 0.6 is 0 Å². The number of nitrogens with zero attached hydrogens (tertiary/aromatic N) is 2. The molecular weight excluding hydrogens is 344 g/mol. The molecule has 0 aromatic heterocycles. The van der Waals surface area contributed by atoms with Crippen molar-refractivity contribution in [1.82, 2.24) is 9.80 Å². The number of hydrogen-bond donors (Lipinski definition) is 0. The monoisotopic (exact) mass is 368 g/mol. The zero-order chi connectivity index (χ0) is 18.8. The maximum absolute atomic E-state index is 12.1. The van der Waals surface area contributed by atoms with Crippen LogP contribution in [0.3, 0.4) is 0 Å². The van der Waals surface area contributed by atoms with Crippen LogP contribution in [-0.2, 0) is 27.4 Å². The van der Waals surface area contributed by atoms with E-state index in [4.69, 9.17) is 9.47 Å². The average molecular weight is 368 g/mol. The smallest absolute Gasteiger partial charge is 0.339 e. The molecule has 1 saturated heterocycles. The van der Waals surface area contributed by atoms with Crippen molar-refractivity contribution in [3.05, 3.63) is 47.0 Å². The van der Waals surface area contributed by atoms with Gasteiger partial charge in [-0.2, -0.15) is 0 Å². The van der Waals surface area contributed by atoms with Gasteiger partial charge in [0.15, 0.2) is 0 Å². The average Bonchev–Trinajstić information content (AvgIpc) is 2.92. The summed E-state index contributed by atoms with van der Waals surface area (Å²) in [5, 5.41) is 2.15. The molecule has 1 fully saturated rings. The molecule has 1 amide bonds. The summed E-state index contributed by atoms with van der Waals surface area (Å²) in [6.45, 7) is 4.56. The third-order valence-corrected chi connectivity index (χ3v) is 5.40. The molecule has 6 heteroatoms. The zero-order valence-corrected chi connectivity index (χ0v) is 15.6. The highest BCUT2D eigenvalue weighted by atomic mass is 16.5. The van der Waals surface area contributed by atoms with Crippen molar-refractivity contribution in [2.45, 2.75) is 19.6 Å². The highest BCUT2D eigenvalue weighted by molar-refractivity contribution is 6.08. The van der Waals surface area contributed by atoms with Crippen molar-refractivity contribution in [1.29, 1.82) is 0 Å². The van der Waals surface area contributed by atoms with E-state index in [1.807, 2.05) is 17.0 Å². The lowest BCUT2D eigenvalue weighted by atomic mass is 9.94. The minimum absolute atomic E-state index is 0.0550. The van der Waals surface area contributed by atoms with Crippen molar-refractivity contribution in [3.63, 3.8) is 0 Å². The maximum Gasteiger partial charge on any atom is 0.339 e. The lowest BCUT2D eigenvalue weighted by Crippen LogP contribution is -2.37. The summed E-state index contributed by atoms with van der Waals surface area (Å²) in [7, 11) is 1.55. The molecule has 4 rings (SSSR count). The first-order valence-electron chi connectivity index (χ1n) is 9.37. The van der Waals surface area contributed by atoms with E-state index >= 15 is 0 Å². The highest BCUT2D eigenvalue weighted by Crippen LogP contribution is 2.31. The number of cyclic esters (lactones) is 1. The Bertz CT molecular complexity index is 880. The minimum atomic E-state index is -0.243. The van der Waals surface area contributed by atoms with Crippen LogP contribution in [-0.4, -0.2) is 61.6 Å². The molecule has 27 heavy (non-hydrogen) atoms. The second kappa shape index (κ2) is 7.66. The Kier molecular flexibility index (Phi) is 5.09. The van der Waals surface area contributed by atoms with Crippen molar-refractivity contribution in [3.8, 4) is 0 Å². The van der Waals surface area contributed by atoms with Crippen molar-refractivity contribution in [2.75, 3.05) is 39.9 Å². The van der Waals surface area contributed by atoms with Gasteiger partial charge in [0.25, 0.3) is 0 Å². The minimum Gasteiger partial charge on any atom is -0.457 e. The van der Waals surface area contributed by atoms with Crippen LogP contribution in [0.1, 0.15) is 27.9 Å². The number of methoxy groups -OCH3 is 1. The standard InChI is InChI=1S/C21H24N2O4/c1-26-14-19(24)23-9-3-8-22(10-11-23)12-15-6-7-16-13-27-21(25)18-5-2-4-17(15)20(16)18/h2,4-7H,3,8-14H2,1H3. The molecule has 142 valence electrons. The van der Waals surface area contributed by atoms with Crippen LogP contribution in [0.25, 0.3) is 10.8 Å². The number of esters is 1. The first-order valence-corrected chi connectivity index (χ1v) is 9.37. The number of rotatable bonds is 4. The second-order valence-electron chi connectivity index (χ2n) is 7.13. The molecule has 0 atom stereocenters. The van der Waals surface area contributed by atoms with Gasteiger partial charge in [0.05, 0.1) is 5.56 Å². The predicted molar refractivity (Wildman–Crippen MR) is 101 cm³/mol. The molecule has 2 heterocycles. The van der Waals surface area contributed by atoms with E-state index in [9.17, 15) is 9.59 Å². The molecule has 0 aliphatic carbocycles. The normalized spacial score (nSPS) is 17.7. The summed E-state index contributed by atoms with van der Waals surface area (Å²) in [4.78, 5) is 28.4. The third kappa shape index (κ3) is 3.55. The Balaban J connectivity index is 1.55. The number of carbonyl (C=O) groups is 2. The predicted octanol–water partition coefficient (Wildman–Crippen LogP) is 2.19. The largest absolute Gasteiger partial charge is 0.457 e. The SMILES string of the molecule is COCC(=O)N1CCCN(Cc2ccc3c4c(cccc24)C(=O)OC3)CC1. The summed E-state index contributed by atoms with van der Waals surface area (Å²) >= 11 is 0. The fraction of sp³-hybridized carbons (Fsp3) is 0.429. The van der Waals surface area contributed by atoms with E-state index in [-0.39, 0.29) is 18.5 Å². The Morgan fingerprint density at radius 1 is 1.15 bits per heavy atom. The molecule has 2 aliphatic rings. The Morgan fingerprint density at radius 3 is 2.89 bits per heavy atom. The third-order valence-electron chi connectivity index (χ3n) is 5.40. The van der Waals surface area contributed by atoms with E-state index in [2.05, 4.69) is 23.1 Å². The zero-order valence-electron chi connectivity index (χ0n) is 15.6. The van der Waals surface area contributed by atoms with Gasteiger partial charge in [0, 0.05) is 45.2 Å². The summed E-state index contributed by atoms with van der Waals surface area (Å²) in [6, 6.07) is 10.1. The molecule has 0 bridgehead atoms. The fourth-order valence-corrected chi connectivity index (χ4v) is 4.02. The van der Waals surface area contributed by atoms with Crippen LogP contribution in [0, 0.1) is 0 Å². The molecule has 2 aliphatic heterocycles. The molecule has 0 radical (unpaired) electrons. The van der Waals surface area contributed by atoms with Gasteiger partial charge in [-0.25, -0.2) is 4.79 Å². The maximum atomic E-state index is 12.1. The number of carbonyl (C=O) groups excluding carboxylic acids is 2. The van der Waals surface area contributed by atoms with Crippen LogP contribution < -0.4 is 0 Å². The summed E-state index contributed by atoms with van der Waals surface area (Å²) in [5.41, 5.74) is 2.93.